The number of carboxylic acids is 2. The van der Waals surface area contributed by atoms with Gasteiger partial charge in [-0.1, -0.05) is 0 Å². The molecule has 0 aromatic rings. The SMILES string of the molecule is O=C(O)C(=O)C(=O)O.O=S(=O)(O)O. The monoisotopic (exact) mass is 216 g/mol. The van der Waals surface area contributed by atoms with Crippen LogP contribution < -0.4 is 0 Å². The summed E-state index contributed by atoms with van der Waals surface area (Å²) in [6.45, 7) is 0. The lowest BCUT2D eigenvalue weighted by molar-refractivity contribution is -0.159. The van der Waals surface area contributed by atoms with Gasteiger partial charge in [0.2, 0.25) is 0 Å². The second kappa shape index (κ2) is 5.18. The van der Waals surface area contributed by atoms with Gasteiger partial charge in [-0.3, -0.25) is 13.9 Å². The quantitative estimate of drug-likeness (QED) is 0.233. The zero-order chi connectivity index (χ0) is 11.2. The van der Waals surface area contributed by atoms with E-state index in [9.17, 15) is 14.4 Å². The normalized spacial score (nSPS) is 9.38. The van der Waals surface area contributed by atoms with E-state index in [1.807, 2.05) is 0 Å². The van der Waals surface area contributed by atoms with E-state index >= 15 is 0 Å². The average molecular weight is 216 g/mol. The Morgan fingerprint density at radius 2 is 1.00 bits per heavy atom. The zero-order valence-electron chi connectivity index (χ0n) is 5.74. The number of aliphatic carboxylic acids is 2. The van der Waals surface area contributed by atoms with E-state index in [0.717, 1.165) is 0 Å². The second-order valence-corrected chi connectivity index (χ2v) is 2.28. The summed E-state index contributed by atoms with van der Waals surface area (Å²) in [7, 11) is -4.67. The molecule has 0 spiro atoms. The molecule has 76 valence electrons. The van der Waals surface area contributed by atoms with Gasteiger partial charge in [-0.2, -0.15) is 8.42 Å². The van der Waals surface area contributed by atoms with Crippen LogP contribution in [0.5, 0.6) is 0 Å². The molecule has 13 heavy (non-hydrogen) atoms. The summed E-state index contributed by atoms with van der Waals surface area (Å²) >= 11 is 0. The molecule has 0 amide bonds. The molecule has 9 nitrogen and oxygen atoms in total. The Hall–Kier alpha value is -1.52. The van der Waals surface area contributed by atoms with Gasteiger partial charge in [0.1, 0.15) is 0 Å². The third kappa shape index (κ3) is 17.9. The largest absolute Gasteiger partial charge is 0.475 e. The number of carbonyl (C=O) groups excluding carboxylic acids is 1. The van der Waals surface area contributed by atoms with Crippen molar-refractivity contribution >= 4 is 28.1 Å². The summed E-state index contributed by atoms with van der Waals surface area (Å²) < 4.78 is 31.6. The van der Waals surface area contributed by atoms with Gasteiger partial charge < -0.3 is 10.2 Å². The number of ketones is 1. The molecule has 0 bridgehead atoms. The van der Waals surface area contributed by atoms with Crippen molar-refractivity contribution in [2.45, 2.75) is 0 Å². The molecule has 0 radical (unpaired) electrons. The minimum Gasteiger partial charge on any atom is -0.475 e. The first kappa shape index (κ1) is 14.0. The Morgan fingerprint density at radius 1 is 0.846 bits per heavy atom. The predicted molar refractivity (Wildman–Crippen MR) is 34.5 cm³/mol. The number of hydrogen-bond acceptors (Lipinski definition) is 5. The summed E-state index contributed by atoms with van der Waals surface area (Å²) in [6, 6.07) is 0. The van der Waals surface area contributed by atoms with E-state index in [0.29, 0.717) is 0 Å². The Bertz CT molecular complexity index is 286. The molecule has 0 aliphatic heterocycles. The fourth-order valence-electron chi connectivity index (χ4n) is 0.0915. The molecule has 0 saturated heterocycles. The van der Waals surface area contributed by atoms with Gasteiger partial charge in [-0.15, -0.1) is 0 Å². The van der Waals surface area contributed by atoms with Crippen molar-refractivity contribution in [2.24, 2.45) is 0 Å². The van der Waals surface area contributed by atoms with Crippen LogP contribution in [0.4, 0.5) is 0 Å². The van der Waals surface area contributed by atoms with Crippen LogP contribution in [0.3, 0.4) is 0 Å². The van der Waals surface area contributed by atoms with Crippen LogP contribution in [-0.2, 0) is 24.8 Å². The molecule has 0 aliphatic carbocycles. The van der Waals surface area contributed by atoms with E-state index in [2.05, 4.69) is 0 Å². The van der Waals surface area contributed by atoms with Crippen LogP contribution in [0.25, 0.3) is 0 Å². The first-order valence-corrected chi connectivity index (χ1v) is 3.66. The Balaban J connectivity index is 0. The topological polar surface area (TPSA) is 166 Å². The molecule has 10 heteroatoms. The molecule has 0 aliphatic rings. The maximum atomic E-state index is 9.64. The van der Waals surface area contributed by atoms with E-state index in [1.54, 1.807) is 0 Å². The van der Waals surface area contributed by atoms with Gasteiger partial charge in [0.05, 0.1) is 0 Å². The van der Waals surface area contributed by atoms with Crippen LogP contribution >= 0.6 is 0 Å². The molecule has 0 unspecified atom stereocenters. The molecule has 0 aromatic carbocycles. The molecular formula is C3H4O9S. The summed E-state index contributed by atoms with van der Waals surface area (Å²) in [6.07, 6.45) is 0. The number of carboxylic acid groups (broad SMARTS) is 2. The molecule has 4 N–H and O–H groups in total. The van der Waals surface area contributed by atoms with Crippen molar-refractivity contribution in [1.29, 1.82) is 0 Å². The maximum Gasteiger partial charge on any atom is 0.394 e. The Morgan fingerprint density at radius 3 is 1.00 bits per heavy atom. The number of Topliss-reactive ketones (excluding diaryl/α,β-unsaturated/α-hetero) is 1. The van der Waals surface area contributed by atoms with Gasteiger partial charge in [0.25, 0.3) is 0 Å². The van der Waals surface area contributed by atoms with Crippen LogP contribution in [0.15, 0.2) is 0 Å². The number of hydrogen-bond donors (Lipinski definition) is 4. The fraction of sp³-hybridized carbons (Fsp3) is 0. The Labute approximate surface area is 71.2 Å². The molecule has 0 aromatic heterocycles. The summed E-state index contributed by atoms with van der Waals surface area (Å²) in [5.41, 5.74) is 0. The summed E-state index contributed by atoms with van der Waals surface area (Å²) in [5.74, 6) is -5.71. The minimum atomic E-state index is -4.67. The number of rotatable bonds is 2. The summed E-state index contributed by atoms with van der Waals surface area (Å²) in [4.78, 5) is 28.5. The standard InChI is InChI=1S/C3H2O5.H2O4S/c4-1(2(5)6)3(7)8;1-5(2,3)4/h(H,5,6)(H,7,8);(H2,1,2,3,4). The van der Waals surface area contributed by atoms with E-state index in [-0.39, 0.29) is 0 Å². The summed E-state index contributed by atoms with van der Waals surface area (Å²) in [5, 5.41) is 15.2. The van der Waals surface area contributed by atoms with Gasteiger partial charge in [-0.05, 0) is 0 Å². The molecule has 0 saturated carbocycles. The first-order chi connectivity index (χ1) is 5.55. The predicted octanol–water partition coefficient (Wildman–Crippen LogP) is -1.93. The molecule has 0 heterocycles. The highest BCUT2D eigenvalue weighted by Gasteiger charge is 2.19. The fourth-order valence-corrected chi connectivity index (χ4v) is 0.0915. The van der Waals surface area contributed by atoms with Crippen LogP contribution in [0.2, 0.25) is 0 Å². The van der Waals surface area contributed by atoms with Gasteiger partial charge in [0.15, 0.2) is 0 Å². The van der Waals surface area contributed by atoms with Crippen molar-refractivity contribution in [1.82, 2.24) is 0 Å². The third-order valence-corrected chi connectivity index (χ3v) is 0.388. The van der Waals surface area contributed by atoms with Crippen LogP contribution in [-0.4, -0.2) is 45.5 Å². The smallest absolute Gasteiger partial charge is 0.394 e. The third-order valence-electron chi connectivity index (χ3n) is 0.388. The molecule has 0 atom stereocenters. The van der Waals surface area contributed by atoms with Crippen molar-refractivity contribution in [2.75, 3.05) is 0 Å². The van der Waals surface area contributed by atoms with Gasteiger partial charge in [-0.25, -0.2) is 9.59 Å². The Kier molecular flexibility index (Phi) is 5.59. The lowest BCUT2D eigenvalue weighted by Crippen LogP contribution is -2.22. The lowest BCUT2D eigenvalue weighted by Gasteiger charge is -1.80. The zero-order valence-corrected chi connectivity index (χ0v) is 6.55. The highest BCUT2D eigenvalue weighted by molar-refractivity contribution is 7.79. The van der Waals surface area contributed by atoms with Crippen LogP contribution in [0, 0.1) is 0 Å². The first-order valence-electron chi connectivity index (χ1n) is 2.26. The highest BCUT2D eigenvalue weighted by Crippen LogP contribution is 1.69. The highest BCUT2D eigenvalue weighted by atomic mass is 32.3. The molecule has 0 rings (SSSR count). The van der Waals surface area contributed by atoms with Crippen LogP contribution in [0.1, 0.15) is 0 Å². The molecular weight excluding hydrogens is 212 g/mol. The lowest BCUT2D eigenvalue weighted by atomic mass is 10.4. The molecule has 0 fully saturated rings. The van der Waals surface area contributed by atoms with Crippen molar-refractivity contribution in [3.05, 3.63) is 0 Å². The van der Waals surface area contributed by atoms with Crippen molar-refractivity contribution in [3.8, 4) is 0 Å². The average Bonchev–Trinajstić information content (AvgIpc) is 1.81. The van der Waals surface area contributed by atoms with E-state index < -0.39 is 28.1 Å². The van der Waals surface area contributed by atoms with Crippen molar-refractivity contribution in [3.63, 3.8) is 0 Å². The minimum absolute atomic E-state index is 1.81. The van der Waals surface area contributed by atoms with E-state index in [1.165, 1.54) is 0 Å². The van der Waals surface area contributed by atoms with E-state index in [4.69, 9.17) is 27.7 Å². The van der Waals surface area contributed by atoms with Crippen molar-refractivity contribution < 1.29 is 42.1 Å². The second-order valence-electron chi connectivity index (χ2n) is 1.39. The number of carbonyl (C=O) groups is 3. The maximum absolute atomic E-state index is 9.64. The van der Waals surface area contributed by atoms with Gasteiger partial charge >= 0.3 is 28.1 Å². The van der Waals surface area contributed by atoms with Gasteiger partial charge in [0, 0.05) is 0 Å².